The first-order valence-electron chi connectivity index (χ1n) is 8.97. The van der Waals surface area contributed by atoms with E-state index in [0.717, 1.165) is 24.4 Å². The topological polar surface area (TPSA) is 47.6 Å². The molecule has 1 N–H and O–H groups in total. The Balaban J connectivity index is 3.65. The van der Waals surface area contributed by atoms with Crippen molar-refractivity contribution >= 4 is 11.6 Å². The molecule has 0 heterocycles. The maximum atomic E-state index is 14.5. The maximum Gasteiger partial charge on any atom is 0.462 e. The molecule has 21 heteroatoms. The molecule has 0 aliphatic carbocycles. The van der Waals surface area contributed by atoms with Crippen molar-refractivity contribution in [3.63, 3.8) is 0 Å². The number of benzene rings is 1. The summed E-state index contributed by atoms with van der Waals surface area (Å²) in [6.07, 6.45) is -38.6. The van der Waals surface area contributed by atoms with Crippen LogP contribution in [0.5, 0.6) is 0 Å². The summed E-state index contributed by atoms with van der Waals surface area (Å²) >= 11 is 0. The van der Waals surface area contributed by atoms with Crippen LogP contribution in [0.4, 0.5) is 80.3 Å². The van der Waals surface area contributed by atoms with Crippen molar-refractivity contribution in [2.45, 2.75) is 62.2 Å². The normalized spacial score (nSPS) is 17.6. The average molecular weight is 599 g/mol. The fourth-order valence-corrected chi connectivity index (χ4v) is 2.32. The van der Waals surface area contributed by atoms with Crippen LogP contribution in [-0.2, 0) is 14.3 Å². The zero-order valence-corrected chi connectivity index (χ0v) is 17.9. The molecule has 2 atom stereocenters. The second kappa shape index (κ2) is 9.56. The summed E-state index contributed by atoms with van der Waals surface area (Å²) in [6, 6.07) is 2.79. The molecule has 0 aromatic heterocycles. The molecule has 0 saturated heterocycles. The number of halogens is 17. The Bertz CT molecular complexity index is 1030. The second-order valence-electron chi connectivity index (χ2n) is 7.27. The molecular formula is C17H10F17NO3. The lowest BCUT2D eigenvalue weighted by molar-refractivity contribution is -0.548. The summed E-state index contributed by atoms with van der Waals surface area (Å²) in [7, 11) is 0. The number of hydrogen-bond acceptors (Lipinski definition) is 3. The minimum Gasteiger partial charge on any atom is -0.321 e. The van der Waals surface area contributed by atoms with E-state index >= 15 is 0 Å². The molecule has 0 bridgehead atoms. The molecule has 0 spiro atoms. The molecule has 0 aliphatic rings. The van der Waals surface area contributed by atoms with Crippen LogP contribution >= 0.6 is 0 Å². The third-order valence-electron chi connectivity index (χ3n) is 4.28. The van der Waals surface area contributed by atoms with Crippen LogP contribution in [-0.4, -0.2) is 54.3 Å². The van der Waals surface area contributed by atoms with Crippen molar-refractivity contribution in [2.75, 3.05) is 5.32 Å². The second-order valence-corrected chi connectivity index (χ2v) is 7.27. The largest absolute Gasteiger partial charge is 0.462 e. The van der Waals surface area contributed by atoms with Gasteiger partial charge in [-0.25, -0.2) is 0 Å². The zero-order chi connectivity index (χ0) is 30.6. The number of nitrogens with one attached hydrogen (secondary N) is 1. The number of rotatable bonds is 8. The summed E-state index contributed by atoms with van der Waals surface area (Å²) in [4.78, 5) is 11.8. The number of carbonyl (C=O) groups excluding carboxylic acids is 1. The van der Waals surface area contributed by atoms with E-state index in [1.807, 2.05) is 4.74 Å². The number of carbonyl (C=O) groups is 1. The van der Waals surface area contributed by atoms with Gasteiger partial charge in [0, 0.05) is 5.69 Å². The number of amides is 1. The zero-order valence-electron chi connectivity index (χ0n) is 17.9. The highest BCUT2D eigenvalue weighted by atomic mass is 19.4. The molecule has 1 amide bonds. The van der Waals surface area contributed by atoms with Gasteiger partial charge in [-0.05, 0) is 25.5 Å². The molecule has 0 fully saturated rings. The van der Waals surface area contributed by atoms with Crippen LogP contribution < -0.4 is 5.32 Å². The van der Waals surface area contributed by atoms with Crippen LogP contribution in [0.3, 0.4) is 0 Å². The smallest absolute Gasteiger partial charge is 0.321 e. The van der Waals surface area contributed by atoms with Crippen LogP contribution in [0.25, 0.3) is 0 Å². The first-order valence-corrected chi connectivity index (χ1v) is 8.97. The van der Waals surface area contributed by atoms with Gasteiger partial charge in [-0.15, -0.1) is 0 Å². The molecule has 1 rings (SSSR count). The van der Waals surface area contributed by atoms with E-state index in [0.29, 0.717) is 11.6 Å². The van der Waals surface area contributed by atoms with E-state index in [4.69, 9.17) is 0 Å². The van der Waals surface area contributed by atoms with E-state index in [1.165, 1.54) is 11.7 Å². The van der Waals surface area contributed by atoms with Gasteiger partial charge in [0.05, 0.1) is 0 Å². The lowest BCUT2D eigenvalue weighted by Gasteiger charge is -2.40. The Morgan fingerprint density at radius 3 is 1.50 bits per heavy atom. The Morgan fingerprint density at radius 2 is 1.13 bits per heavy atom. The summed E-state index contributed by atoms with van der Waals surface area (Å²) in [5.74, 6) is -26.2. The summed E-state index contributed by atoms with van der Waals surface area (Å²) < 4.78 is 227. The Morgan fingerprint density at radius 1 is 0.658 bits per heavy atom. The highest BCUT2D eigenvalue weighted by Crippen LogP contribution is 2.56. The van der Waals surface area contributed by atoms with E-state index in [2.05, 4.69) is 0 Å². The Hall–Kier alpha value is -2.58. The fourth-order valence-electron chi connectivity index (χ4n) is 2.32. The average Bonchev–Trinajstić information content (AvgIpc) is 2.66. The molecule has 0 unspecified atom stereocenters. The molecule has 4 nitrogen and oxygen atoms in total. The van der Waals surface area contributed by atoms with Crippen LogP contribution in [0.15, 0.2) is 18.2 Å². The predicted octanol–water partition coefficient (Wildman–Crippen LogP) is 7.11. The van der Waals surface area contributed by atoms with Gasteiger partial charge in [0.2, 0.25) is 0 Å². The molecular weight excluding hydrogens is 589 g/mol. The molecule has 1 aromatic rings. The Kier molecular flexibility index (Phi) is 8.41. The molecule has 0 saturated carbocycles. The van der Waals surface area contributed by atoms with E-state index in [9.17, 15) is 79.4 Å². The van der Waals surface area contributed by atoms with Gasteiger partial charge in [0.15, 0.2) is 0 Å². The van der Waals surface area contributed by atoms with Crippen molar-refractivity contribution in [1.82, 2.24) is 0 Å². The minimum absolute atomic E-state index is 0.234. The number of hydrogen-bond donors (Lipinski definition) is 1. The molecule has 0 radical (unpaired) electrons. The van der Waals surface area contributed by atoms with Gasteiger partial charge in [0.1, 0.15) is 0 Å². The lowest BCUT2D eigenvalue weighted by atomic mass is 10.1. The standard InChI is InChI=1S/C17H10F17NO3/c1-6-3-4-8(7(2)5-6)35-9(36)10(18,13(22,23)24)37-17(33,34)12(21,15(28,29)30)38-16(31,32)11(19,20)14(25,26)27/h3-5H,1-2H3,(H,35,36)/t10-,12+/m0/s1. The maximum absolute atomic E-state index is 14.5. The monoisotopic (exact) mass is 599 g/mol. The van der Waals surface area contributed by atoms with Crippen LogP contribution in [0.2, 0.25) is 0 Å². The van der Waals surface area contributed by atoms with E-state index in [1.54, 1.807) is 0 Å². The number of alkyl halides is 17. The van der Waals surface area contributed by atoms with Crippen molar-refractivity contribution in [3.8, 4) is 0 Å². The predicted molar refractivity (Wildman–Crippen MR) is 87.4 cm³/mol. The highest BCUT2D eigenvalue weighted by Gasteiger charge is 2.85. The minimum atomic E-state index is -8.05. The molecule has 0 aliphatic heterocycles. The summed E-state index contributed by atoms with van der Waals surface area (Å²) in [5, 5.41) is 0.936. The first kappa shape index (κ1) is 33.4. The van der Waals surface area contributed by atoms with Crippen molar-refractivity contribution < 1.29 is 88.9 Å². The molecule has 1 aromatic carbocycles. The summed E-state index contributed by atoms with van der Waals surface area (Å²) in [5.41, 5.74) is -0.734. The van der Waals surface area contributed by atoms with Crippen molar-refractivity contribution in [1.29, 1.82) is 0 Å². The van der Waals surface area contributed by atoms with Gasteiger partial charge < -0.3 is 5.32 Å². The van der Waals surface area contributed by atoms with Gasteiger partial charge in [-0.2, -0.15) is 74.6 Å². The fraction of sp³-hybridized carbons (Fsp3) is 0.588. The van der Waals surface area contributed by atoms with Gasteiger partial charge in [0.25, 0.3) is 5.91 Å². The highest BCUT2D eigenvalue weighted by molar-refractivity contribution is 5.97. The van der Waals surface area contributed by atoms with E-state index < -0.39 is 60.0 Å². The van der Waals surface area contributed by atoms with Gasteiger partial charge >= 0.3 is 48.4 Å². The molecule has 38 heavy (non-hydrogen) atoms. The Labute approximate surface area is 198 Å². The van der Waals surface area contributed by atoms with Crippen molar-refractivity contribution in [3.05, 3.63) is 29.3 Å². The van der Waals surface area contributed by atoms with Gasteiger partial charge in [-0.1, -0.05) is 17.7 Å². The SMILES string of the molecule is Cc1ccc(NC(=O)[C@](F)(OC(F)(F)[C@](F)(OC(F)(F)C(F)(F)C(F)(F)F)C(F)(F)F)C(F)(F)F)c(C)c1. The van der Waals surface area contributed by atoms with Gasteiger partial charge in [-0.3, -0.25) is 14.3 Å². The number of ether oxygens (including phenoxy) is 2. The van der Waals surface area contributed by atoms with Crippen LogP contribution in [0.1, 0.15) is 11.1 Å². The third kappa shape index (κ3) is 5.86. The van der Waals surface area contributed by atoms with E-state index in [-0.39, 0.29) is 5.56 Å². The number of aryl methyl sites for hydroxylation is 2. The quantitative estimate of drug-likeness (QED) is 0.324. The molecule has 220 valence electrons. The van der Waals surface area contributed by atoms with Crippen molar-refractivity contribution in [2.24, 2.45) is 0 Å². The van der Waals surface area contributed by atoms with Crippen LogP contribution in [0, 0.1) is 13.8 Å². The first-order chi connectivity index (χ1) is 16.5. The lowest BCUT2D eigenvalue weighted by Crippen LogP contribution is -2.68. The number of anilines is 1. The third-order valence-corrected chi connectivity index (χ3v) is 4.28. The summed E-state index contributed by atoms with van der Waals surface area (Å²) in [6.45, 7) is 2.38.